The number of carbonyl (C=O) groups is 2. The monoisotopic (exact) mass is 245 g/mol. The van der Waals surface area contributed by atoms with Crippen molar-refractivity contribution in [1.29, 1.82) is 0 Å². The van der Waals surface area contributed by atoms with Gasteiger partial charge in [-0.25, -0.2) is 14.2 Å². The molecule has 1 aromatic heterocycles. The summed E-state index contributed by atoms with van der Waals surface area (Å²) in [7, 11) is 0. The molecule has 0 fully saturated rings. The minimum Gasteiger partial charge on any atom is -0.476 e. The Kier molecular flexibility index (Phi) is 3.14. The number of rotatable bonds is 3. The van der Waals surface area contributed by atoms with Crippen LogP contribution in [-0.4, -0.2) is 21.8 Å². The van der Waals surface area contributed by atoms with Gasteiger partial charge in [-0.15, -0.1) is 0 Å². The van der Waals surface area contributed by atoms with Crippen molar-refractivity contribution >= 4 is 11.8 Å². The Morgan fingerprint density at radius 1 is 1.11 bits per heavy atom. The number of halogens is 1. The minimum absolute atomic E-state index is 0.0170. The molecular formula is C13H8FNO3. The third kappa shape index (κ3) is 2.24. The molecule has 0 aliphatic carbocycles. The summed E-state index contributed by atoms with van der Waals surface area (Å²) in [6, 6.07) is 7.74. The summed E-state index contributed by atoms with van der Waals surface area (Å²) in [5.41, 5.74) is -0.115. The van der Waals surface area contributed by atoms with E-state index in [9.17, 15) is 14.0 Å². The Labute approximate surface area is 102 Å². The number of aromatic nitrogens is 1. The van der Waals surface area contributed by atoms with Crippen LogP contribution in [0.2, 0.25) is 0 Å². The number of pyridine rings is 1. The average molecular weight is 245 g/mol. The molecule has 1 aromatic carbocycles. The van der Waals surface area contributed by atoms with Crippen molar-refractivity contribution < 1.29 is 19.1 Å². The highest BCUT2D eigenvalue weighted by Gasteiger charge is 2.18. The first-order valence-corrected chi connectivity index (χ1v) is 5.08. The molecule has 18 heavy (non-hydrogen) atoms. The van der Waals surface area contributed by atoms with Gasteiger partial charge in [-0.1, -0.05) is 0 Å². The van der Waals surface area contributed by atoms with Gasteiger partial charge in [0.05, 0.1) is 5.56 Å². The Bertz CT molecular complexity index is 608. The van der Waals surface area contributed by atoms with E-state index in [0.717, 1.165) is 12.1 Å². The molecule has 0 aliphatic heterocycles. The van der Waals surface area contributed by atoms with Gasteiger partial charge < -0.3 is 5.11 Å². The van der Waals surface area contributed by atoms with Crippen molar-refractivity contribution in [2.75, 3.05) is 0 Å². The van der Waals surface area contributed by atoms with E-state index in [2.05, 4.69) is 4.98 Å². The third-order valence-corrected chi connectivity index (χ3v) is 2.36. The lowest BCUT2D eigenvalue weighted by atomic mass is 10.0. The largest absolute Gasteiger partial charge is 0.476 e. The zero-order chi connectivity index (χ0) is 13.1. The summed E-state index contributed by atoms with van der Waals surface area (Å²) >= 11 is 0. The number of hydrogen-bond acceptors (Lipinski definition) is 3. The molecule has 0 atom stereocenters. The predicted molar refractivity (Wildman–Crippen MR) is 61.0 cm³/mol. The SMILES string of the molecule is O=C(c1ccc(F)cc1)c1cccnc1C(=O)O. The molecule has 0 bridgehead atoms. The lowest BCUT2D eigenvalue weighted by Gasteiger charge is -2.04. The Balaban J connectivity index is 2.46. The lowest BCUT2D eigenvalue weighted by molar-refractivity contribution is 0.0686. The van der Waals surface area contributed by atoms with E-state index in [1.165, 1.54) is 30.5 Å². The molecule has 2 aromatic rings. The van der Waals surface area contributed by atoms with E-state index in [0.29, 0.717) is 0 Å². The molecule has 0 aliphatic rings. The van der Waals surface area contributed by atoms with Crippen LogP contribution in [-0.2, 0) is 0 Å². The van der Waals surface area contributed by atoms with Gasteiger partial charge in [-0.05, 0) is 36.4 Å². The molecule has 1 N–H and O–H groups in total. The summed E-state index contributed by atoms with van der Waals surface area (Å²) in [5.74, 6) is -2.24. The van der Waals surface area contributed by atoms with Crippen LogP contribution in [0.4, 0.5) is 4.39 Å². The van der Waals surface area contributed by atoms with Gasteiger partial charge in [-0.2, -0.15) is 0 Å². The zero-order valence-electron chi connectivity index (χ0n) is 9.13. The Morgan fingerprint density at radius 2 is 1.78 bits per heavy atom. The van der Waals surface area contributed by atoms with Crippen molar-refractivity contribution in [2.45, 2.75) is 0 Å². The number of ketones is 1. The standard InChI is InChI=1S/C13H8FNO3/c14-9-5-3-8(4-6-9)12(16)10-2-1-7-15-11(10)13(17)18/h1-7H,(H,17,18). The highest BCUT2D eigenvalue weighted by atomic mass is 19.1. The van der Waals surface area contributed by atoms with Crippen LogP contribution >= 0.6 is 0 Å². The quantitative estimate of drug-likeness (QED) is 0.841. The van der Waals surface area contributed by atoms with Crippen molar-refractivity contribution in [1.82, 2.24) is 4.98 Å². The van der Waals surface area contributed by atoms with Crippen molar-refractivity contribution in [3.8, 4) is 0 Å². The topological polar surface area (TPSA) is 67.3 Å². The summed E-state index contributed by atoms with van der Waals surface area (Å²) in [4.78, 5) is 26.6. The first kappa shape index (κ1) is 11.9. The molecule has 0 spiro atoms. The molecule has 0 radical (unpaired) electrons. The number of hydrogen-bond donors (Lipinski definition) is 1. The molecule has 5 heteroatoms. The van der Waals surface area contributed by atoms with E-state index in [-0.39, 0.29) is 16.8 Å². The Hall–Kier alpha value is -2.56. The number of carbonyl (C=O) groups excluding carboxylic acids is 1. The predicted octanol–water partition coefficient (Wildman–Crippen LogP) is 2.15. The summed E-state index contributed by atoms with van der Waals surface area (Å²) < 4.78 is 12.7. The van der Waals surface area contributed by atoms with Crippen molar-refractivity contribution in [2.24, 2.45) is 0 Å². The van der Waals surface area contributed by atoms with Crippen molar-refractivity contribution in [3.63, 3.8) is 0 Å². The van der Waals surface area contributed by atoms with Gasteiger partial charge in [0.25, 0.3) is 0 Å². The molecule has 0 unspecified atom stereocenters. The van der Waals surface area contributed by atoms with Gasteiger partial charge in [0.15, 0.2) is 11.5 Å². The average Bonchev–Trinajstić information content (AvgIpc) is 2.39. The summed E-state index contributed by atoms with van der Waals surface area (Å²) in [5, 5.41) is 8.93. The normalized spacial score (nSPS) is 10.1. The molecule has 0 amide bonds. The number of benzene rings is 1. The van der Waals surface area contributed by atoms with Crippen LogP contribution in [0, 0.1) is 5.82 Å². The maximum atomic E-state index is 12.7. The van der Waals surface area contributed by atoms with Crippen molar-refractivity contribution in [3.05, 3.63) is 65.2 Å². The van der Waals surface area contributed by atoms with Crippen LogP contribution in [0.1, 0.15) is 26.4 Å². The van der Waals surface area contributed by atoms with Gasteiger partial charge in [0.1, 0.15) is 5.82 Å². The fraction of sp³-hybridized carbons (Fsp3) is 0. The van der Waals surface area contributed by atoms with E-state index in [4.69, 9.17) is 5.11 Å². The van der Waals surface area contributed by atoms with E-state index >= 15 is 0 Å². The number of nitrogens with zero attached hydrogens (tertiary/aromatic N) is 1. The molecule has 90 valence electrons. The van der Waals surface area contributed by atoms with Crippen LogP contribution in [0.5, 0.6) is 0 Å². The fourth-order valence-corrected chi connectivity index (χ4v) is 1.52. The van der Waals surface area contributed by atoms with Crippen LogP contribution in [0.25, 0.3) is 0 Å². The maximum absolute atomic E-state index is 12.7. The van der Waals surface area contributed by atoms with Crippen LogP contribution < -0.4 is 0 Å². The molecule has 2 rings (SSSR count). The molecular weight excluding hydrogens is 237 g/mol. The minimum atomic E-state index is -1.28. The number of aromatic carboxylic acids is 1. The summed E-state index contributed by atoms with van der Waals surface area (Å²) in [6.07, 6.45) is 1.30. The van der Waals surface area contributed by atoms with Gasteiger partial charge in [0.2, 0.25) is 0 Å². The smallest absolute Gasteiger partial charge is 0.355 e. The van der Waals surface area contributed by atoms with Crippen LogP contribution in [0.15, 0.2) is 42.6 Å². The second-order valence-electron chi connectivity index (χ2n) is 3.54. The second kappa shape index (κ2) is 4.75. The molecule has 0 saturated heterocycles. The zero-order valence-corrected chi connectivity index (χ0v) is 9.13. The highest BCUT2D eigenvalue weighted by molar-refractivity contribution is 6.13. The lowest BCUT2D eigenvalue weighted by Crippen LogP contribution is -2.11. The number of carboxylic acids is 1. The number of carboxylic acid groups (broad SMARTS) is 1. The summed E-state index contributed by atoms with van der Waals surface area (Å²) in [6.45, 7) is 0. The Morgan fingerprint density at radius 3 is 2.39 bits per heavy atom. The third-order valence-electron chi connectivity index (χ3n) is 2.36. The first-order chi connectivity index (χ1) is 8.59. The van der Waals surface area contributed by atoms with Gasteiger partial charge >= 0.3 is 5.97 Å². The molecule has 1 heterocycles. The first-order valence-electron chi connectivity index (χ1n) is 5.08. The van der Waals surface area contributed by atoms with E-state index in [1.807, 2.05) is 0 Å². The van der Waals surface area contributed by atoms with Crippen LogP contribution in [0.3, 0.4) is 0 Å². The fourth-order valence-electron chi connectivity index (χ4n) is 1.52. The molecule has 4 nitrogen and oxygen atoms in total. The van der Waals surface area contributed by atoms with Gasteiger partial charge in [0, 0.05) is 11.8 Å². The second-order valence-corrected chi connectivity index (χ2v) is 3.54. The highest BCUT2D eigenvalue weighted by Crippen LogP contribution is 2.13. The van der Waals surface area contributed by atoms with E-state index in [1.54, 1.807) is 0 Å². The van der Waals surface area contributed by atoms with Gasteiger partial charge in [-0.3, -0.25) is 4.79 Å². The maximum Gasteiger partial charge on any atom is 0.355 e. The van der Waals surface area contributed by atoms with E-state index < -0.39 is 17.6 Å². The molecule has 0 saturated carbocycles.